The van der Waals surface area contributed by atoms with Crippen molar-refractivity contribution in [2.75, 3.05) is 6.61 Å². The third kappa shape index (κ3) is 2.87. The summed E-state index contributed by atoms with van der Waals surface area (Å²) in [5, 5.41) is 12.7. The van der Waals surface area contributed by atoms with Crippen molar-refractivity contribution in [3.8, 4) is 0 Å². The lowest BCUT2D eigenvalue weighted by atomic mass is 9.97. The topological polar surface area (TPSA) is 52.3 Å². The van der Waals surface area contributed by atoms with Crippen LogP contribution in [0.5, 0.6) is 0 Å². The predicted octanol–water partition coefficient (Wildman–Crippen LogP) is 2.55. The lowest BCUT2D eigenvalue weighted by Gasteiger charge is -2.10. The molecule has 0 aromatic carbocycles. The second kappa shape index (κ2) is 5.86. The molecule has 0 saturated carbocycles. The van der Waals surface area contributed by atoms with Gasteiger partial charge in [-0.05, 0) is 37.5 Å². The van der Waals surface area contributed by atoms with Gasteiger partial charge in [0.25, 0.3) is 0 Å². The van der Waals surface area contributed by atoms with Crippen molar-refractivity contribution in [1.29, 1.82) is 0 Å². The normalized spacial score (nSPS) is 24.1. The molecule has 0 spiro atoms. The molecule has 0 saturated heterocycles. The fourth-order valence-electron chi connectivity index (χ4n) is 2.43. The van der Waals surface area contributed by atoms with Gasteiger partial charge in [-0.1, -0.05) is 11.6 Å². The Balaban J connectivity index is 1.84. The molecule has 5 nitrogen and oxygen atoms in total. The fraction of sp³-hybridized carbons (Fsp3) is 0.400. The Morgan fingerprint density at radius 3 is 3.30 bits per heavy atom. The summed E-state index contributed by atoms with van der Waals surface area (Å²) in [7, 11) is 0. The zero-order valence-electron chi connectivity index (χ0n) is 11.6. The van der Waals surface area contributed by atoms with Gasteiger partial charge in [0.05, 0.1) is 12.9 Å². The molecule has 2 aromatic rings. The molecule has 5 heteroatoms. The van der Waals surface area contributed by atoms with Gasteiger partial charge < -0.3 is 4.74 Å². The second-order valence-electron chi connectivity index (χ2n) is 5.12. The Kier molecular flexibility index (Phi) is 3.76. The van der Waals surface area contributed by atoms with Gasteiger partial charge >= 0.3 is 0 Å². The smallest absolute Gasteiger partial charge is 0.177 e. The maximum atomic E-state index is 5.41. The number of aromatic nitrogens is 4. The number of ether oxygens (including phenoxy) is 1. The average Bonchev–Trinajstić information content (AvgIpc) is 2.88. The van der Waals surface area contributed by atoms with Crippen molar-refractivity contribution in [2.24, 2.45) is 5.92 Å². The first-order valence-electron chi connectivity index (χ1n) is 6.92. The van der Waals surface area contributed by atoms with Crippen LogP contribution < -0.4 is 0 Å². The largest absolute Gasteiger partial charge is 0.501 e. The van der Waals surface area contributed by atoms with Crippen LogP contribution in [0.3, 0.4) is 0 Å². The maximum Gasteiger partial charge on any atom is 0.177 e. The molecule has 104 valence electrons. The number of allylic oxidation sites excluding steroid dienone is 2. The van der Waals surface area contributed by atoms with Crippen LogP contribution in [-0.4, -0.2) is 26.4 Å². The van der Waals surface area contributed by atoms with Crippen molar-refractivity contribution in [2.45, 2.75) is 26.2 Å². The van der Waals surface area contributed by atoms with E-state index in [1.54, 1.807) is 12.5 Å². The average molecular weight is 270 g/mol. The lowest BCUT2D eigenvalue weighted by molar-refractivity contribution is 0.253. The van der Waals surface area contributed by atoms with Crippen molar-refractivity contribution in [3.05, 3.63) is 48.1 Å². The minimum atomic E-state index is 0.405. The summed E-state index contributed by atoms with van der Waals surface area (Å²) in [5.74, 6) is 1.31. The second-order valence-corrected chi connectivity index (χ2v) is 5.12. The number of fused-ring (bicyclic) bond motifs is 1. The van der Waals surface area contributed by atoms with Crippen molar-refractivity contribution in [1.82, 2.24) is 19.8 Å². The van der Waals surface area contributed by atoms with Gasteiger partial charge in [-0.15, -0.1) is 10.2 Å². The third-order valence-electron chi connectivity index (χ3n) is 3.45. The molecule has 1 aliphatic rings. The van der Waals surface area contributed by atoms with Crippen molar-refractivity contribution < 1.29 is 4.74 Å². The number of nitrogens with zero attached hydrogens (tertiary/aromatic N) is 4. The van der Waals surface area contributed by atoms with E-state index in [2.05, 4.69) is 34.4 Å². The molecule has 1 aliphatic heterocycles. The van der Waals surface area contributed by atoms with Crippen LogP contribution in [0.25, 0.3) is 5.65 Å². The van der Waals surface area contributed by atoms with Gasteiger partial charge in [-0.3, -0.25) is 0 Å². The molecule has 1 unspecified atom stereocenters. The molecular weight excluding hydrogens is 252 g/mol. The first-order valence-corrected chi connectivity index (χ1v) is 6.92. The van der Waals surface area contributed by atoms with Gasteiger partial charge in [0.1, 0.15) is 0 Å². The molecule has 20 heavy (non-hydrogen) atoms. The van der Waals surface area contributed by atoms with E-state index in [1.165, 1.54) is 5.57 Å². The Hall–Kier alpha value is -2.17. The zero-order valence-corrected chi connectivity index (χ0v) is 11.6. The Labute approximate surface area is 118 Å². The fourth-order valence-corrected chi connectivity index (χ4v) is 2.43. The van der Waals surface area contributed by atoms with E-state index in [-0.39, 0.29) is 0 Å². The summed E-state index contributed by atoms with van der Waals surface area (Å²) >= 11 is 0. The molecule has 0 N–H and O–H groups in total. The standard InChI is InChI=1S/C15H18N4O/c1-12-6-9-20-8-3-4-13(10-12)11-15-18-17-14-5-2-7-16-19(14)15/h2-3,5,7-8,10,13H,4,6,9,11H2,1H3/b8-3+,12-10+. The van der Waals surface area contributed by atoms with E-state index >= 15 is 0 Å². The van der Waals surface area contributed by atoms with Crippen molar-refractivity contribution >= 4 is 5.65 Å². The molecule has 3 heterocycles. The summed E-state index contributed by atoms with van der Waals surface area (Å²) < 4.78 is 7.23. The molecule has 0 aliphatic carbocycles. The molecule has 2 aromatic heterocycles. The van der Waals surface area contributed by atoms with Crippen LogP contribution >= 0.6 is 0 Å². The van der Waals surface area contributed by atoms with E-state index in [0.717, 1.165) is 37.3 Å². The number of hydrogen-bond donors (Lipinski definition) is 0. The van der Waals surface area contributed by atoms with Gasteiger partial charge in [0.15, 0.2) is 11.5 Å². The molecule has 0 amide bonds. The highest BCUT2D eigenvalue weighted by Crippen LogP contribution is 2.18. The van der Waals surface area contributed by atoms with E-state index in [1.807, 2.05) is 16.6 Å². The Morgan fingerprint density at radius 2 is 2.35 bits per heavy atom. The first kappa shape index (κ1) is 12.8. The minimum absolute atomic E-state index is 0.405. The van der Waals surface area contributed by atoms with Crippen LogP contribution in [0, 0.1) is 5.92 Å². The maximum absolute atomic E-state index is 5.41. The Bertz CT molecular complexity index is 644. The molecular formula is C15H18N4O. The van der Waals surface area contributed by atoms with Crippen LogP contribution in [0.1, 0.15) is 25.6 Å². The predicted molar refractivity (Wildman–Crippen MR) is 76.1 cm³/mol. The van der Waals surface area contributed by atoms with E-state index in [4.69, 9.17) is 4.74 Å². The lowest BCUT2D eigenvalue weighted by Crippen LogP contribution is -2.06. The van der Waals surface area contributed by atoms with E-state index < -0.39 is 0 Å². The van der Waals surface area contributed by atoms with Crippen molar-refractivity contribution in [3.63, 3.8) is 0 Å². The summed E-state index contributed by atoms with van der Waals surface area (Å²) in [6.07, 6.45) is 10.7. The number of rotatable bonds is 2. The summed E-state index contributed by atoms with van der Waals surface area (Å²) in [6, 6.07) is 3.79. The monoisotopic (exact) mass is 270 g/mol. The van der Waals surface area contributed by atoms with Crippen LogP contribution in [0.2, 0.25) is 0 Å². The minimum Gasteiger partial charge on any atom is -0.501 e. The van der Waals surface area contributed by atoms with E-state index in [9.17, 15) is 0 Å². The molecule has 1 atom stereocenters. The first-order chi connectivity index (χ1) is 9.83. The summed E-state index contributed by atoms with van der Waals surface area (Å²) in [6.45, 7) is 2.91. The Morgan fingerprint density at radius 1 is 1.40 bits per heavy atom. The highest BCUT2D eigenvalue weighted by atomic mass is 16.5. The van der Waals surface area contributed by atoms with Crippen LogP contribution in [0.4, 0.5) is 0 Å². The van der Waals surface area contributed by atoms with E-state index in [0.29, 0.717) is 5.92 Å². The molecule has 3 rings (SSSR count). The van der Waals surface area contributed by atoms with Gasteiger partial charge in [0, 0.05) is 19.0 Å². The highest BCUT2D eigenvalue weighted by molar-refractivity contribution is 5.34. The number of hydrogen-bond acceptors (Lipinski definition) is 4. The quantitative estimate of drug-likeness (QED) is 0.787. The van der Waals surface area contributed by atoms with Gasteiger partial charge in [-0.25, -0.2) is 0 Å². The SMILES string of the molecule is C/C1=C\C(Cc2nnc3cccnn23)C/C=C/OCC1. The summed E-state index contributed by atoms with van der Waals surface area (Å²) in [5.41, 5.74) is 2.16. The zero-order chi connectivity index (χ0) is 13.8. The van der Waals surface area contributed by atoms with Crippen LogP contribution in [-0.2, 0) is 11.2 Å². The molecule has 0 fully saturated rings. The van der Waals surface area contributed by atoms with Crippen LogP contribution in [0.15, 0.2) is 42.3 Å². The third-order valence-corrected chi connectivity index (χ3v) is 3.45. The molecule has 0 radical (unpaired) electrons. The summed E-state index contributed by atoms with van der Waals surface area (Å²) in [4.78, 5) is 0. The van der Waals surface area contributed by atoms with Gasteiger partial charge in [-0.2, -0.15) is 9.61 Å². The highest BCUT2D eigenvalue weighted by Gasteiger charge is 2.13. The molecule has 0 bridgehead atoms. The van der Waals surface area contributed by atoms with Gasteiger partial charge in [0.2, 0.25) is 0 Å².